The molecule has 1 N–H and O–H groups in total. The smallest absolute Gasteiger partial charge is 0.308 e. The second-order valence-corrected chi connectivity index (χ2v) is 6.49. The number of carboxylic acids is 1. The summed E-state index contributed by atoms with van der Waals surface area (Å²) in [6, 6.07) is 3.85. The Morgan fingerprint density at radius 2 is 2.00 bits per heavy atom. The van der Waals surface area contributed by atoms with Gasteiger partial charge < -0.3 is 5.11 Å². The van der Waals surface area contributed by atoms with Gasteiger partial charge in [-0.05, 0) is 38.5 Å². The molecule has 0 aromatic carbocycles. The summed E-state index contributed by atoms with van der Waals surface area (Å²) in [5.41, 5.74) is 4.48. The predicted octanol–water partition coefficient (Wildman–Crippen LogP) is 2.22. The van der Waals surface area contributed by atoms with Crippen molar-refractivity contribution < 1.29 is 9.90 Å². The summed E-state index contributed by atoms with van der Waals surface area (Å²) in [5.74, 6) is -1.10. The first-order chi connectivity index (χ1) is 11.5. The van der Waals surface area contributed by atoms with Crippen molar-refractivity contribution >= 4 is 5.97 Å². The maximum Gasteiger partial charge on any atom is 0.308 e. The van der Waals surface area contributed by atoms with Crippen molar-refractivity contribution in [3.63, 3.8) is 0 Å². The molecule has 1 saturated heterocycles. The first-order valence-corrected chi connectivity index (χ1v) is 8.39. The summed E-state index contributed by atoms with van der Waals surface area (Å²) in [6.07, 6.45) is 3.47. The molecule has 0 radical (unpaired) electrons. The number of pyridine rings is 1. The zero-order valence-corrected chi connectivity index (χ0v) is 14.4. The standard InChI is InChI=1S/C18H24N4O2/c1-4-22-13(3)15(12(2)20-22)9-21-10-16(17(11-21)18(23)24)14-5-7-19-8-6-14/h5-8,16-17H,4,9-11H2,1-3H3,(H,23,24)/t16-,17+/m1/s1. The van der Waals surface area contributed by atoms with Crippen LogP contribution in [0, 0.1) is 19.8 Å². The predicted molar refractivity (Wildman–Crippen MR) is 90.8 cm³/mol. The molecule has 1 aliphatic rings. The molecular weight excluding hydrogens is 304 g/mol. The van der Waals surface area contributed by atoms with E-state index < -0.39 is 5.97 Å². The Labute approximate surface area is 142 Å². The Morgan fingerprint density at radius 3 is 2.58 bits per heavy atom. The largest absolute Gasteiger partial charge is 0.481 e. The molecule has 0 aliphatic carbocycles. The van der Waals surface area contributed by atoms with Gasteiger partial charge in [0.1, 0.15) is 0 Å². The van der Waals surface area contributed by atoms with Gasteiger partial charge in [0, 0.05) is 55.7 Å². The molecule has 3 rings (SSSR count). The van der Waals surface area contributed by atoms with Crippen LogP contribution in [0.3, 0.4) is 0 Å². The highest BCUT2D eigenvalue weighted by molar-refractivity contribution is 5.72. The van der Waals surface area contributed by atoms with E-state index in [0.717, 1.165) is 30.9 Å². The fourth-order valence-corrected chi connectivity index (χ4v) is 3.71. The lowest BCUT2D eigenvalue weighted by Crippen LogP contribution is -2.23. The van der Waals surface area contributed by atoms with Crippen LogP contribution >= 0.6 is 0 Å². The monoisotopic (exact) mass is 328 g/mol. The van der Waals surface area contributed by atoms with Crippen molar-refractivity contribution in [1.29, 1.82) is 0 Å². The highest BCUT2D eigenvalue weighted by Gasteiger charge is 2.38. The topological polar surface area (TPSA) is 71.2 Å². The molecule has 128 valence electrons. The molecule has 0 unspecified atom stereocenters. The van der Waals surface area contributed by atoms with Gasteiger partial charge in [-0.3, -0.25) is 19.4 Å². The van der Waals surface area contributed by atoms with Crippen LogP contribution < -0.4 is 0 Å². The van der Waals surface area contributed by atoms with Crippen LogP contribution in [-0.2, 0) is 17.9 Å². The Balaban J connectivity index is 1.81. The number of aliphatic carboxylic acids is 1. The van der Waals surface area contributed by atoms with Crippen LogP contribution in [0.25, 0.3) is 0 Å². The maximum atomic E-state index is 11.7. The van der Waals surface area contributed by atoms with E-state index >= 15 is 0 Å². The highest BCUT2D eigenvalue weighted by atomic mass is 16.4. The Hall–Kier alpha value is -2.21. The van der Waals surface area contributed by atoms with Crippen molar-refractivity contribution in [1.82, 2.24) is 19.7 Å². The summed E-state index contributed by atoms with van der Waals surface area (Å²) in [7, 11) is 0. The van der Waals surface area contributed by atoms with Crippen LogP contribution in [0.5, 0.6) is 0 Å². The molecule has 2 atom stereocenters. The van der Waals surface area contributed by atoms with Gasteiger partial charge in [0.25, 0.3) is 0 Å². The van der Waals surface area contributed by atoms with E-state index in [0.29, 0.717) is 6.54 Å². The average Bonchev–Trinajstić information content (AvgIpc) is 3.12. The van der Waals surface area contributed by atoms with Gasteiger partial charge in [0.2, 0.25) is 0 Å². The van der Waals surface area contributed by atoms with Crippen molar-refractivity contribution in [3.05, 3.63) is 47.0 Å². The Kier molecular flexibility index (Phi) is 4.66. The molecule has 1 fully saturated rings. The number of likely N-dealkylation sites (tertiary alicyclic amines) is 1. The fourth-order valence-electron chi connectivity index (χ4n) is 3.71. The first kappa shape index (κ1) is 16.6. The maximum absolute atomic E-state index is 11.7. The van der Waals surface area contributed by atoms with E-state index in [1.807, 2.05) is 23.7 Å². The number of aromatic nitrogens is 3. The fraction of sp³-hybridized carbons (Fsp3) is 0.500. The van der Waals surface area contributed by atoms with E-state index in [4.69, 9.17) is 0 Å². The van der Waals surface area contributed by atoms with E-state index in [9.17, 15) is 9.90 Å². The summed E-state index contributed by atoms with van der Waals surface area (Å²) < 4.78 is 2.01. The minimum Gasteiger partial charge on any atom is -0.481 e. The minimum atomic E-state index is -0.725. The molecule has 0 amide bonds. The summed E-state index contributed by atoms with van der Waals surface area (Å²) >= 11 is 0. The van der Waals surface area contributed by atoms with E-state index in [2.05, 4.69) is 28.8 Å². The summed E-state index contributed by atoms with van der Waals surface area (Å²) in [5, 5.41) is 14.2. The van der Waals surface area contributed by atoms with Crippen molar-refractivity contribution in [2.45, 2.75) is 39.8 Å². The zero-order chi connectivity index (χ0) is 17.3. The molecule has 1 aliphatic heterocycles. The van der Waals surface area contributed by atoms with Crippen molar-refractivity contribution in [2.75, 3.05) is 13.1 Å². The summed E-state index contributed by atoms with van der Waals surface area (Å²) in [6.45, 7) is 9.12. The molecule has 3 heterocycles. The lowest BCUT2D eigenvalue weighted by Gasteiger charge is -2.16. The van der Waals surface area contributed by atoms with E-state index in [-0.39, 0.29) is 11.8 Å². The Bertz CT molecular complexity index is 726. The second kappa shape index (κ2) is 6.73. The third-order valence-corrected chi connectivity index (χ3v) is 5.06. The molecule has 0 spiro atoms. The number of hydrogen-bond acceptors (Lipinski definition) is 4. The molecule has 2 aromatic heterocycles. The summed E-state index contributed by atoms with van der Waals surface area (Å²) in [4.78, 5) is 18.0. The quantitative estimate of drug-likeness (QED) is 0.911. The highest BCUT2D eigenvalue weighted by Crippen LogP contribution is 2.34. The van der Waals surface area contributed by atoms with E-state index in [1.165, 1.54) is 11.3 Å². The Morgan fingerprint density at radius 1 is 1.29 bits per heavy atom. The van der Waals surface area contributed by atoms with Gasteiger partial charge in [-0.25, -0.2) is 0 Å². The molecule has 24 heavy (non-hydrogen) atoms. The van der Waals surface area contributed by atoms with Gasteiger partial charge in [-0.2, -0.15) is 5.10 Å². The van der Waals surface area contributed by atoms with Gasteiger partial charge in [0.05, 0.1) is 11.6 Å². The van der Waals surface area contributed by atoms with Gasteiger partial charge >= 0.3 is 5.97 Å². The third-order valence-electron chi connectivity index (χ3n) is 5.06. The number of carboxylic acid groups (broad SMARTS) is 1. The van der Waals surface area contributed by atoms with Crippen LogP contribution in [0.1, 0.15) is 35.4 Å². The van der Waals surface area contributed by atoms with Gasteiger partial charge in [-0.15, -0.1) is 0 Å². The molecule has 2 aromatic rings. The van der Waals surface area contributed by atoms with Crippen LogP contribution in [0.4, 0.5) is 0 Å². The number of aryl methyl sites for hydroxylation is 2. The first-order valence-electron chi connectivity index (χ1n) is 8.39. The van der Waals surface area contributed by atoms with Crippen molar-refractivity contribution in [3.8, 4) is 0 Å². The third kappa shape index (κ3) is 3.06. The minimum absolute atomic E-state index is 0.00679. The number of nitrogens with zero attached hydrogens (tertiary/aromatic N) is 4. The van der Waals surface area contributed by atoms with Crippen LogP contribution in [0.15, 0.2) is 24.5 Å². The lowest BCUT2D eigenvalue weighted by molar-refractivity contribution is -0.141. The SMILES string of the molecule is CCn1nc(C)c(CN2C[C@H](C(=O)O)[C@@H](c3ccncc3)C2)c1C. The van der Waals surface area contributed by atoms with Crippen molar-refractivity contribution in [2.24, 2.45) is 5.92 Å². The molecule has 0 bridgehead atoms. The number of hydrogen-bond donors (Lipinski definition) is 1. The molecular formula is C18H24N4O2. The molecule has 0 saturated carbocycles. The molecule has 6 nitrogen and oxygen atoms in total. The van der Waals surface area contributed by atoms with Gasteiger partial charge in [-0.1, -0.05) is 0 Å². The van der Waals surface area contributed by atoms with E-state index in [1.54, 1.807) is 12.4 Å². The van der Waals surface area contributed by atoms with Gasteiger partial charge in [0.15, 0.2) is 0 Å². The molecule has 6 heteroatoms. The number of rotatable bonds is 5. The lowest BCUT2D eigenvalue weighted by atomic mass is 9.90. The average molecular weight is 328 g/mol. The zero-order valence-electron chi connectivity index (χ0n) is 14.4. The number of carbonyl (C=O) groups is 1. The second-order valence-electron chi connectivity index (χ2n) is 6.49. The van der Waals surface area contributed by atoms with Crippen LogP contribution in [-0.4, -0.2) is 43.8 Å². The van der Waals surface area contributed by atoms with Crippen LogP contribution in [0.2, 0.25) is 0 Å². The normalized spacial score (nSPS) is 21.3.